The van der Waals surface area contributed by atoms with Crippen molar-refractivity contribution in [1.29, 1.82) is 0 Å². The fourth-order valence-electron chi connectivity index (χ4n) is 3.04. The molecule has 1 N–H and O–H groups in total. The number of carbonyl (C=O) groups is 1. The molecular weight excluding hydrogens is 292 g/mol. The molecule has 0 amide bonds. The quantitative estimate of drug-likeness (QED) is 0.931. The van der Waals surface area contributed by atoms with E-state index in [1.165, 1.54) is 25.6 Å². The van der Waals surface area contributed by atoms with Gasteiger partial charge in [0.25, 0.3) is 0 Å². The molecule has 0 bridgehead atoms. The van der Waals surface area contributed by atoms with Gasteiger partial charge in [0.05, 0.1) is 23.1 Å². The molecule has 1 aliphatic heterocycles. The highest BCUT2D eigenvalue weighted by atomic mass is 16.4. The Kier molecular flexibility index (Phi) is 4.62. The minimum atomic E-state index is -0.995. The average Bonchev–Trinajstić information content (AvgIpc) is 2.56. The first-order chi connectivity index (χ1) is 11.1. The summed E-state index contributed by atoms with van der Waals surface area (Å²) in [5.74, 6) is -0.365. The van der Waals surface area contributed by atoms with Crippen molar-refractivity contribution in [2.75, 3.05) is 20.1 Å². The van der Waals surface area contributed by atoms with E-state index in [1.807, 2.05) is 0 Å². The van der Waals surface area contributed by atoms with Crippen molar-refractivity contribution >= 4 is 5.97 Å². The standard InChI is InChI=1S/C17H20N4O2/c1-21-4-2-3-12(11-21)5-15-9-20-16(10-19-15)13-6-14(17(22)23)8-18-7-13/h6-10,12H,2-5,11H2,1H3,(H,22,23). The molecule has 6 heteroatoms. The van der Waals surface area contributed by atoms with Crippen LogP contribution in [-0.4, -0.2) is 51.1 Å². The molecule has 1 saturated heterocycles. The van der Waals surface area contributed by atoms with Crippen LogP contribution in [0.3, 0.4) is 0 Å². The zero-order chi connectivity index (χ0) is 16.2. The van der Waals surface area contributed by atoms with Gasteiger partial charge in [-0.15, -0.1) is 0 Å². The summed E-state index contributed by atoms with van der Waals surface area (Å²) in [4.78, 5) is 26.2. The van der Waals surface area contributed by atoms with Crippen molar-refractivity contribution in [3.05, 3.63) is 42.1 Å². The van der Waals surface area contributed by atoms with Crippen molar-refractivity contribution in [2.45, 2.75) is 19.3 Å². The third-order valence-corrected chi connectivity index (χ3v) is 4.21. The van der Waals surface area contributed by atoms with Crippen LogP contribution >= 0.6 is 0 Å². The second-order valence-electron chi connectivity index (χ2n) is 6.14. The second-order valence-corrected chi connectivity index (χ2v) is 6.14. The summed E-state index contributed by atoms with van der Waals surface area (Å²) in [6, 6.07) is 1.56. The third kappa shape index (κ3) is 3.90. The van der Waals surface area contributed by atoms with Gasteiger partial charge in [-0.3, -0.25) is 15.0 Å². The predicted octanol–water partition coefficient (Wildman–Crippen LogP) is 2.12. The lowest BCUT2D eigenvalue weighted by molar-refractivity contribution is 0.0696. The third-order valence-electron chi connectivity index (χ3n) is 4.21. The first kappa shape index (κ1) is 15.6. The Morgan fingerprint density at radius 3 is 2.87 bits per heavy atom. The van der Waals surface area contributed by atoms with E-state index in [0.717, 1.165) is 18.7 Å². The average molecular weight is 312 g/mol. The molecule has 0 radical (unpaired) electrons. The monoisotopic (exact) mass is 312 g/mol. The van der Waals surface area contributed by atoms with E-state index < -0.39 is 5.97 Å². The lowest BCUT2D eigenvalue weighted by atomic mass is 9.94. The lowest BCUT2D eigenvalue weighted by Crippen LogP contribution is -2.33. The van der Waals surface area contributed by atoms with Gasteiger partial charge < -0.3 is 10.0 Å². The van der Waals surface area contributed by atoms with Gasteiger partial charge in [-0.2, -0.15) is 0 Å². The summed E-state index contributed by atoms with van der Waals surface area (Å²) in [6.45, 7) is 2.28. The number of hydrogen-bond donors (Lipinski definition) is 1. The van der Waals surface area contributed by atoms with Crippen LogP contribution in [0.2, 0.25) is 0 Å². The van der Waals surface area contributed by atoms with Crippen LogP contribution in [0.4, 0.5) is 0 Å². The highest BCUT2D eigenvalue weighted by molar-refractivity contribution is 5.88. The van der Waals surface area contributed by atoms with Gasteiger partial charge in [0.2, 0.25) is 0 Å². The number of nitrogens with zero attached hydrogens (tertiary/aromatic N) is 4. The topological polar surface area (TPSA) is 79.2 Å². The minimum absolute atomic E-state index is 0.151. The largest absolute Gasteiger partial charge is 0.478 e. The Morgan fingerprint density at radius 2 is 2.17 bits per heavy atom. The molecule has 1 atom stereocenters. The molecule has 1 fully saturated rings. The molecule has 0 aromatic carbocycles. The molecule has 2 aromatic rings. The van der Waals surface area contributed by atoms with Crippen molar-refractivity contribution < 1.29 is 9.90 Å². The molecule has 6 nitrogen and oxygen atoms in total. The van der Waals surface area contributed by atoms with Crippen LogP contribution in [-0.2, 0) is 6.42 Å². The molecular formula is C17H20N4O2. The summed E-state index contributed by atoms with van der Waals surface area (Å²) in [6.07, 6.45) is 9.82. The van der Waals surface area contributed by atoms with Gasteiger partial charge in [-0.05, 0) is 44.8 Å². The number of aromatic carboxylic acids is 1. The normalized spacial score (nSPS) is 18.7. The number of pyridine rings is 1. The van der Waals surface area contributed by atoms with E-state index in [4.69, 9.17) is 5.11 Å². The maximum atomic E-state index is 11.0. The minimum Gasteiger partial charge on any atom is -0.478 e. The van der Waals surface area contributed by atoms with Crippen LogP contribution in [0.15, 0.2) is 30.9 Å². The van der Waals surface area contributed by atoms with E-state index >= 15 is 0 Å². The first-order valence-electron chi connectivity index (χ1n) is 7.80. The summed E-state index contributed by atoms with van der Waals surface area (Å²) >= 11 is 0. The Balaban J connectivity index is 1.72. The number of aromatic nitrogens is 3. The molecule has 3 heterocycles. The zero-order valence-electron chi connectivity index (χ0n) is 13.1. The highest BCUT2D eigenvalue weighted by Gasteiger charge is 2.18. The Morgan fingerprint density at radius 1 is 1.30 bits per heavy atom. The molecule has 1 aliphatic rings. The van der Waals surface area contributed by atoms with Gasteiger partial charge in [-0.1, -0.05) is 0 Å². The molecule has 1 unspecified atom stereocenters. The Bertz CT molecular complexity index is 687. The van der Waals surface area contributed by atoms with E-state index in [1.54, 1.807) is 24.7 Å². The maximum Gasteiger partial charge on any atom is 0.337 e. The zero-order valence-corrected chi connectivity index (χ0v) is 13.1. The predicted molar refractivity (Wildman–Crippen MR) is 86.1 cm³/mol. The summed E-state index contributed by atoms with van der Waals surface area (Å²) in [5.41, 5.74) is 2.45. The van der Waals surface area contributed by atoms with Crippen LogP contribution < -0.4 is 0 Å². The summed E-state index contributed by atoms with van der Waals surface area (Å²) in [5, 5.41) is 9.02. The van der Waals surface area contributed by atoms with E-state index in [9.17, 15) is 4.79 Å². The number of piperidine rings is 1. The van der Waals surface area contributed by atoms with E-state index in [-0.39, 0.29) is 5.56 Å². The van der Waals surface area contributed by atoms with Gasteiger partial charge in [0.15, 0.2) is 0 Å². The van der Waals surface area contributed by atoms with Crippen molar-refractivity contribution in [3.8, 4) is 11.3 Å². The fraction of sp³-hybridized carbons (Fsp3) is 0.412. The van der Waals surface area contributed by atoms with Crippen molar-refractivity contribution in [1.82, 2.24) is 19.9 Å². The molecule has 3 rings (SSSR count). The lowest BCUT2D eigenvalue weighted by Gasteiger charge is -2.29. The summed E-state index contributed by atoms with van der Waals surface area (Å²) < 4.78 is 0. The Hall–Kier alpha value is -2.34. The van der Waals surface area contributed by atoms with Gasteiger partial charge in [0, 0.05) is 30.7 Å². The molecule has 23 heavy (non-hydrogen) atoms. The smallest absolute Gasteiger partial charge is 0.337 e. The van der Waals surface area contributed by atoms with Crippen LogP contribution in [0, 0.1) is 5.92 Å². The van der Waals surface area contributed by atoms with Gasteiger partial charge >= 0.3 is 5.97 Å². The van der Waals surface area contributed by atoms with E-state index in [0.29, 0.717) is 17.2 Å². The van der Waals surface area contributed by atoms with E-state index in [2.05, 4.69) is 26.9 Å². The number of likely N-dealkylation sites (tertiary alicyclic amines) is 1. The van der Waals surface area contributed by atoms with Crippen LogP contribution in [0.1, 0.15) is 28.9 Å². The van der Waals surface area contributed by atoms with Crippen LogP contribution in [0.5, 0.6) is 0 Å². The molecule has 0 saturated carbocycles. The number of hydrogen-bond acceptors (Lipinski definition) is 5. The maximum absolute atomic E-state index is 11.0. The molecule has 0 spiro atoms. The van der Waals surface area contributed by atoms with Crippen molar-refractivity contribution in [3.63, 3.8) is 0 Å². The first-order valence-corrected chi connectivity index (χ1v) is 7.80. The SMILES string of the molecule is CN1CCCC(Cc2cnc(-c3cncc(C(=O)O)c3)cn2)C1. The highest BCUT2D eigenvalue weighted by Crippen LogP contribution is 2.20. The molecule has 120 valence electrons. The molecule has 2 aromatic heterocycles. The number of carboxylic acids is 1. The fourth-order valence-corrected chi connectivity index (χ4v) is 3.04. The van der Waals surface area contributed by atoms with Gasteiger partial charge in [-0.25, -0.2) is 4.79 Å². The van der Waals surface area contributed by atoms with Gasteiger partial charge in [0.1, 0.15) is 0 Å². The Labute approximate surface area is 135 Å². The molecule has 0 aliphatic carbocycles. The number of carboxylic acid groups (broad SMARTS) is 1. The van der Waals surface area contributed by atoms with Crippen LogP contribution in [0.25, 0.3) is 11.3 Å². The number of rotatable bonds is 4. The van der Waals surface area contributed by atoms with Crippen molar-refractivity contribution in [2.24, 2.45) is 5.92 Å². The summed E-state index contributed by atoms with van der Waals surface area (Å²) in [7, 11) is 2.16. The second kappa shape index (κ2) is 6.83.